The summed E-state index contributed by atoms with van der Waals surface area (Å²) >= 11 is 0. The molecule has 1 unspecified atom stereocenters. The normalized spacial score (nSPS) is 23.6. The Hall–Kier alpha value is -0.170. The molecule has 78 valence electrons. The van der Waals surface area contributed by atoms with Crippen molar-refractivity contribution in [1.29, 1.82) is 0 Å². The molecule has 1 aliphatic rings. The molecule has 0 spiro atoms. The van der Waals surface area contributed by atoms with Crippen molar-refractivity contribution in [1.82, 2.24) is 15.4 Å². The molecule has 1 fully saturated rings. The third-order valence-electron chi connectivity index (χ3n) is 2.18. The second kappa shape index (κ2) is 4.90. The van der Waals surface area contributed by atoms with E-state index in [1.807, 2.05) is 0 Å². The van der Waals surface area contributed by atoms with Crippen LogP contribution in [0.5, 0.6) is 0 Å². The van der Waals surface area contributed by atoms with Gasteiger partial charge in [-0.15, -0.1) is 0 Å². The number of hydrogen-bond acceptors (Lipinski definition) is 4. The Morgan fingerprint density at radius 2 is 2.31 bits per heavy atom. The molecule has 1 saturated heterocycles. The highest BCUT2D eigenvalue weighted by Gasteiger charge is 2.14. The minimum atomic E-state index is -3.04. The maximum absolute atomic E-state index is 11.0. The number of nitrogens with one attached hydrogen (secondary N) is 3. The Balaban J connectivity index is 2.13. The number of hydrogen-bond donors (Lipinski definition) is 3. The maximum atomic E-state index is 11.0. The van der Waals surface area contributed by atoms with E-state index in [0.717, 1.165) is 19.5 Å². The van der Waals surface area contributed by atoms with Crippen LogP contribution in [0.4, 0.5) is 0 Å². The van der Waals surface area contributed by atoms with E-state index in [1.165, 1.54) is 7.05 Å². The lowest BCUT2D eigenvalue weighted by Gasteiger charge is -2.10. The van der Waals surface area contributed by atoms with Crippen LogP contribution in [0.1, 0.15) is 6.42 Å². The lowest BCUT2D eigenvalue weighted by molar-refractivity contribution is 0.552. The van der Waals surface area contributed by atoms with Crippen molar-refractivity contribution in [2.75, 3.05) is 32.4 Å². The van der Waals surface area contributed by atoms with Gasteiger partial charge >= 0.3 is 0 Å². The first kappa shape index (κ1) is 10.9. The van der Waals surface area contributed by atoms with Gasteiger partial charge in [0.2, 0.25) is 10.0 Å². The first-order valence-corrected chi connectivity index (χ1v) is 6.14. The summed E-state index contributed by atoms with van der Waals surface area (Å²) < 4.78 is 24.3. The molecule has 0 aliphatic carbocycles. The summed E-state index contributed by atoms with van der Waals surface area (Å²) in [5.74, 6) is 0.153. The SMILES string of the molecule is CNS(=O)(=O)CCNC1CCNC1. The molecule has 0 radical (unpaired) electrons. The quantitative estimate of drug-likeness (QED) is 0.512. The molecule has 13 heavy (non-hydrogen) atoms. The summed E-state index contributed by atoms with van der Waals surface area (Å²) in [6, 6.07) is 0.437. The van der Waals surface area contributed by atoms with Gasteiger partial charge < -0.3 is 10.6 Å². The van der Waals surface area contributed by atoms with Gasteiger partial charge in [-0.2, -0.15) is 0 Å². The van der Waals surface area contributed by atoms with Crippen LogP contribution < -0.4 is 15.4 Å². The van der Waals surface area contributed by atoms with Crippen molar-refractivity contribution in [2.45, 2.75) is 12.5 Å². The zero-order chi connectivity index (χ0) is 9.73. The van der Waals surface area contributed by atoms with Gasteiger partial charge in [0.15, 0.2) is 0 Å². The Morgan fingerprint density at radius 1 is 1.54 bits per heavy atom. The highest BCUT2D eigenvalue weighted by molar-refractivity contribution is 7.89. The third-order valence-corrected chi connectivity index (χ3v) is 3.54. The second-order valence-electron chi connectivity index (χ2n) is 3.17. The lowest BCUT2D eigenvalue weighted by atomic mass is 10.3. The zero-order valence-corrected chi connectivity index (χ0v) is 8.65. The molecule has 3 N–H and O–H groups in total. The van der Waals surface area contributed by atoms with E-state index in [0.29, 0.717) is 12.6 Å². The molecule has 0 aromatic carbocycles. The predicted octanol–water partition coefficient (Wildman–Crippen LogP) is -1.51. The number of rotatable bonds is 5. The minimum absolute atomic E-state index is 0.153. The fourth-order valence-electron chi connectivity index (χ4n) is 1.33. The van der Waals surface area contributed by atoms with Crippen molar-refractivity contribution in [2.24, 2.45) is 0 Å². The second-order valence-corrected chi connectivity index (χ2v) is 5.21. The standard InChI is InChI=1S/C7H17N3O2S/c1-8-13(11,12)5-4-10-7-2-3-9-6-7/h7-10H,2-6H2,1H3. The predicted molar refractivity (Wildman–Crippen MR) is 52.1 cm³/mol. The van der Waals surface area contributed by atoms with Crippen LogP contribution in [-0.2, 0) is 10.0 Å². The number of sulfonamides is 1. The molecule has 1 aliphatic heterocycles. The summed E-state index contributed by atoms with van der Waals surface area (Å²) in [7, 11) is -1.61. The van der Waals surface area contributed by atoms with E-state index >= 15 is 0 Å². The van der Waals surface area contributed by atoms with Crippen LogP contribution >= 0.6 is 0 Å². The Kier molecular flexibility index (Phi) is 4.11. The van der Waals surface area contributed by atoms with E-state index in [-0.39, 0.29) is 5.75 Å². The first-order valence-electron chi connectivity index (χ1n) is 4.49. The molecule has 5 nitrogen and oxygen atoms in total. The van der Waals surface area contributed by atoms with E-state index in [4.69, 9.17) is 0 Å². The summed E-state index contributed by atoms with van der Waals surface area (Å²) in [5.41, 5.74) is 0. The summed E-state index contributed by atoms with van der Waals surface area (Å²) in [6.45, 7) is 2.49. The monoisotopic (exact) mass is 207 g/mol. The highest BCUT2D eigenvalue weighted by atomic mass is 32.2. The van der Waals surface area contributed by atoms with Gasteiger partial charge in [0, 0.05) is 19.1 Å². The van der Waals surface area contributed by atoms with Gasteiger partial charge in [-0.1, -0.05) is 0 Å². The molecule has 0 bridgehead atoms. The lowest BCUT2D eigenvalue weighted by Crippen LogP contribution is -2.36. The van der Waals surface area contributed by atoms with Gasteiger partial charge in [0.1, 0.15) is 0 Å². The van der Waals surface area contributed by atoms with Gasteiger partial charge in [-0.05, 0) is 20.0 Å². The van der Waals surface area contributed by atoms with Gasteiger partial charge in [0.05, 0.1) is 5.75 Å². The third kappa shape index (κ3) is 4.04. The first-order chi connectivity index (χ1) is 6.14. The van der Waals surface area contributed by atoms with Crippen LogP contribution in [0, 0.1) is 0 Å². The molecule has 1 atom stereocenters. The average Bonchev–Trinajstić information content (AvgIpc) is 2.57. The van der Waals surface area contributed by atoms with Crippen molar-refractivity contribution >= 4 is 10.0 Å². The summed E-state index contributed by atoms with van der Waals surface area (Å²) in [6.07, 6.45) is 1.08. The van der Waals surface area contributed by atoms with Crippen LogP contribution in [0.25, 0.3) is 0 Å². The highest BCUT2D eigenvalue weighted by Crippen LogP contribution is 1.96. The zero-order valence-electron chi connectivity index (χ0n) is 7.84. The Bertz CT molecular complexity index is 234. The van der Waals surface area contributed by atoms with Gasteiger partial charge in [-0.3, -0.25) is 0 Å². The fourth-order valence-corrected chi connectivity index (χ4v) is 1.92. The molecule has 0 saturated carbocycles. The van der Waals surface area contributed by atoms with Crippen LogP contribution in [0.3, 0.4) is 0 Å². The fraction of sp³-hybridized carbons (Fsp3) is 1.00. The van der Waals surface area contributed by atoms with E-state index in [1.54, 1.807) is 0 Å². The molecular formula is C7H17N3O2S. The van der Waals surface area contributed by atoms with Crippen molar-refractivity contribution in [3.63, 3.8) is 0 Å². The van der Waals surface area contributed by atoms with Crippen molar-refractivity contribution < 1.29 is 8.42 Å². The van der Waals surface area contributed by atoms with Crippen molar-refractivity contribution in [3.05, 3.63) is 0 Å². The topological polar surface area (TPSA) is 70.2 Å². The molecule has 0 aromatic heterocycles. The van der Waals surface area contributed by atoms with Gasteiger partial charge in [0.25, 0.3) is 0 Å². The van der Waals surface area contributed by atoms with Crippen LogP contribution in [0.2, 0.25) is 0 Å². The van der Waals surface area contributed by atoms with Gasteiger partial charge in [-0.25, -0.2) is 13.1 Å². The van der Waals surface area contributed by atoms with Crippen LogP contribution in [-0.4, -0.2) is 46.9 Å². The molecule has 6 heteroatoms. The van der Waals surface area contributed by atoms with E-state index in [2.05, 4.69) is 15.4 Å². The van der Waals surface area contributed by atoms with E-state index < -0.39 is 10.0 Å². The van der Waals surface area contributed by atoms with E-state index in [9.17, 15) is 8.42 Å². The summed E-state index contributed by atoms with van der Waals surface area (Å²) in [5, 5.41) is 6.40. The van der Waals surface area contributed by atoms with Crippen molar-refractivity contribution in [3.8, 4) is 0 Å². The maximum Gasteiger partial charge on any atom is 0.212 e. The minimum Gasteiger partial charge on any atom is -0.315 e. The largest absolute Gasteiger partial charge is 0.315 e. The molecule has 1 rings (SSSR count). The Morgan fingerprint density at radius 3 is 2.85 bits per heavy atom. The molecule has 1 heterocycles. The smallest absolute Gasteiger partial charge is 0.212 e. The average molecular weight is 207 g/mol. The molecule has 0 aromatic rings. The molecular weight excluding hydrogens is 190 g/mol. The summed E-state index contributed by atoms with van der Waals surface area (Å²) in [4.78, 5) is 0. The molecule has 0 amide bonds. The van der Waals surface area contributed by atoms with Crippen LogP contribution in [0.15, 0.2) is 0 Å². The Labute approximate surface area is 79.3 Å².